The number of rotatable bonds is 4. The molecule has 2 aromatic rings. The second-order valence-corrected chi connectivity index (χ2v) is 4.89. The van der Waals surface area contributed by atoms with E-state index in [2.05, 4.69) is 9.97 Å². The van der Waals surface area contributed by atoms with Gasteiger partial charge in [-0.2, -0.15) is 0 Å². The molecule has 0 unspecified atom stereocenters. The number of aromatic nitrogens is 2. The van der Waals surface area contributed by atoms with Gasteiger partial charge in [-0.15, -0.1) is 0 Å². The van der Waals surface area contributed by atoms with Crippen LogP contribution < -0.4 is 11.2 Å². The Kier molecular flexibility index (Phi) is 4.36. The Hall–Kier alpha value is -1.92. The molecule has 0 fully saturated rings. The van der Waals surface area contributed by atoms with Crippen LogP contribution in [-0.4, -0.2) is 21.9 Å². The summed E-state index contributed by atoms with van der Waals surface area (Å²) < 4.78 is 13.7. The lowest BCUT2D eigenvalue weighted by molar-refractivity contribution is 0.309. The zero-order valence-electron chi connectivity index (χ0n) is 10.7. The first kappa shape index (κ1) is 14.5. The molecule has 0 atom stereocenters. The molecule has 0 bridgehead atoms. The molecule has 0 aliphatic rings. The molecule has 0 aliphatic carbocycles. The smallest absolute Gasteiger partial charge is 0.310 e. The van der Waals surface area contributed by atoms with E-state index in [0.29, 0.717) is 22.8 Å². The monoisotopic (exact) mass is 297 g/mol. The predicted octanol–water partition coefficient (Wildman–Crippen LogP) is 1.49. The largest absolute Gasteiger partial charge is 0.325 e. The number of benzene rings is 1. The van der Waals surface area contributed by atoms with E-state index >= 15 is 0 Å². The summed E-state index contributed by atoms with van der Waals surface area (Å²) in [5, 5.41) is 0.344. The van der Waals surface area contributed by atoms with E-state index in [-0.39, 0.29) is 12.4 Å². The minimum absolute atomic E-state index is 0.264. The molecule has 0 amide bonds. The number of hydrogen-bond acceptors (Lipinski definition) is 3. The molecule has 1 aromatic carbocycles. The van der Waals surface area contributed by atoms with Gasteiger partial charge in [0.05, 0.1) is 0 Å². The van der Waals surface area contributed by atoms with Crippen LogP contribution in [0.3, 0.4) is 0 Å². The number of aromatic amines is 2. The van der Waals surface area contributed by atoms with E-state index in [1.54, 1.807) is 18.0 Å². The van der Waals surface area contributed by atoms with E-state index in [0.717, 1.165) is 0 Å². The van der Waals surface area contributed by atoms with Gasteiger partial charge in [0, 0.05) is 35.4 Å². The first-order chi connectivity index (χ1) is 9.45. The molecule has 106 valence electrons. The summed E-state index contributed by atoms with van der Waals surface area (Å²) in [6.45, 7) is 0.560. The average Bonchev–Trinajstić information content (AvgIpc) is 2.32. The van der Waals surface area contributed by atoms with Gasteiger partial charge in [0.15, 0.2) is 0 Å². The lowest BCUT2D eigenvalue weighted by Gasteiger charge is -2.17. The molecule has 1 heterocycles. The summed E-state index contributed by atoms with van der Waals surface area (Å²) in [6.07, 6.45) is 0. The fraction of sp³-hybridized carbons (Fsp3) is 0.231. The minimum Gasteiger partial charge on any atom is -0.310 e. The Balaban J connectivity index is 2.15. The molecule has 5 nitrogen and oxygen atoms in total. The molecule has 0 aliphatic heterocycles. The lowest BCUT2D eigenvalue weighted by Crippen LogP contribution is -2.26. The van der Waals surface area contributed by atoms with Crippen LogP contribution in [0.15, 0.2) is 33.9 Å². The molecule has 20 heavy (non-hydrogen) atoms. The van der Waals surface area contributed by atoms with Crippen LogP contribution in [0.2, 0.25) is 5.02 Å². The van der Waals surface area contributed by atoms with E-state index < -0.39 is 11.2 Å². The van der Waals surface area contributed by atoms with Gasteiger partial charge in [-0.1, -0.05) is 17.7 Å². The van der Waals surface area contributed by atoms with Gasteiger partial charge in [-0.3, -0.25) is 14.7 Å². The molecule has 1 aromatic heterocycles. The van der Waals surface area contributed by atoms with Gasteiger partial charge in [0.25, 0.3) is 5.56 Å². The van der Waals surface area contributed by atoms with Gasteiger partial charge in [0.2, 0.25) is 0 Å². The van der Waals surface area contributed by atoms with E-state index in [1.807, 2.05) is 0 Å². The molecule has 0 saturated carbocycles. The van der Waals surface area contributed by atoms with Crippen molar-refractivity contribution in [2.75, 3.05) is 7.05 Å². The maximum absolute atomic E-state index is 13.7. The Morgan fingerprint density at radius 3 is 2.65 bits per heavy atom. The van der Waals surface area contributed by atoms with Crippen LogP contribution in [0, 0.1) is 5.82 Å². The minimum atomic E-state index is -0.565. The number of nitrogens with zero attached hydrogens (tertiary/aromatic N) is 1. The van der Waals surface area contributed by atoms with E-state index in [9.17, 15) is 14.0 Å². The summed E-state index contributed by atoms with van der Waals surface area (Å²) in [5.74, 6) is -0.385. The second-order valence-electron chi connectivity index (χ2n) is 4.49. The summed E-state index contributed by atoms with van der Waals surface area (Å²) in [7, 11) is 1.74. The van der Waals surface area contributed by atoms with Gasteiger partial charge in [-0.25, -0.2) is 9.18 Å². The summed E-state index contributed by atoms with van der Waals surface area (Å²) in [5.41, 5.74) is -0.205. The fourth-order valence-electron chi connectivity index (χ4n) is 1.90. The van der Waals surface area contributed by atoms with Crippen molar-refractivity contribution in [1.82, 2.24) is 14.9 Å². The third kappa shape index (κ3) is 3.55. The van der Waals surface area contributed by atoms with Crippen molar-refractivity contribution in [2.45, 2.75) is 13.1 Å². The average molecular weight is 298 g/mol. The SMILES string of the molecule is CN(Cc1cc(=O)[nH]c(=O)[nH]1)Cc1c(F)cccc1Cl. The van der Waals surface area contributed by atoms with Crippen LogP contribution in [-0.2, 0) is 13.1 Å². The number of halogens is 2. The third-order valence-electron chi connectivity index (χ3n) is 2.75. The van der Waals surface area contributed by atoms with Gasteiger partial charge in [0.1, 0.15) is 5.82 Å². The van der Waals surface area contributed by atoms with Crippen LogP contribution in [0.5, 0.6) is 0 Å². The highest BCUT2D eigenvalue weighted by Gasteiger charge is 2.10. The van der Waals surface area contributed by atoms with Crippen LogP contribution in [0.4, 0.5) is 4.39 Å². The van der Waals surface area contributed by atoms with Gasteiger partial charge in [-0.05, 0) is 19.2 Å². The highest BCUT2D eigenvalue weighted by atomic mass is 35.5. The van der Waals surface area contributed by atoms with Gasteiger partial charge < -0.3 is 4.98 Å². The summed E-state index contributed by atoms with van der Waals surface area (Å²) in [6, 6.07) is 5.78. The summed E-state index contributed by atoms with van der Waals surface area (Å²) >= 11 is 5.95. The van der Waals surface area contributed by atoms with Crippen molar-refractivity contribution in [3.8, 4) is 0 Å². The zero-order chi connectivity index (χ0) is 14.7. The normalized spacial score (nSPS) is 11.0. The number of nitrogens with one attached hydrogen (secondary N) is 2. The highest BCUT2D eigenvalue weighted by molar-refractivity contribution is 6.31. The van der Waals surface area contributed by atoms with Crippen molar-refractivity contribution in [2.24, 2.45) is 0 Å². The lowest BCUT2D eigenvalue weighted by atomic mass is 10.2. The van der Waals surface area contributed by atoms with Crippen molar-refractivity contribution >= 4 is 11.6 Å². The van der Waals surface area contributed by atoms with Crippen LogP contribution in [0.25, 0.3) is 0 Å². The number of H-pyrrole nitrogens is 2. The highest BCUT2D eigenvalue weighted by Crippen LogP contribution is 2.20. The molecular weight excluding hydrogens is 285 g/mol. The Morgan fingerprint density at radius 1 is 1.25 bits per heavy atom. The van der Waals surface area contributed by atoms with E-state index in [1.165, 1.54) is 18.2 Å². The maximum atomic E-state index is 13.7. The zero-order valence-corrected chi connectivity index (χ0v) is 11.5. The first-order valence-corrected chi connectivity index (χ1v) is 6.27. The van der Waals surface area contributed by atoms with Crippen molar-refractivity contribution < 1.29 is 4.39 Å². The molecule has 2 rings (SSSR count). The van der Waals surface area contributed by atoms with Crippen LogP contribution in [0.1, 0.15) is 11.3 Å². The predicted molar refractivity (Wildman–Crippen MR) is 74.3 cm³/mol. The topological polar surface area (TPSA) is 69.0 Å². The van der Waals surface area contributed by atoms with Gasteiger partial charge >= 0.3 is 5.69 Å². The van der Waals surface area contributed by atoms with Crippen LogP contribution >= 0.6 is 11.6 Å². The summed E-state index contributed by atoms with van der Waals surface area (Å²) in [4.78, 5) is 28.7. The quantitative estimate of drug-likeness (QED) is 0.898. The van der Waals surface area contributed by atoms with E-state index in [4.69, 9.17) is 11.6 Å². The second kappa shape index (κ2) is 6.02. The third-order valence-corrected chi connectivity index (χ3v) is 3.10. The standard InChI is InChI=1S/C13H13ClFN3O2/c1-18(6-8-5-12(19)17-13(20)16-8)7-9-10(14)3-2-4-11(9)15/h2-5H,6-7H2,1H3,(H2,16,17,19,20). The molecule has 2 N–H and O–H groups in total. The molecule has 0 radical (unpaired) electrons. The fourth-order valence-corrected chi connectivity index (χ4v) is 2.13. The first-order valence-electron chi connectivity index (χ1n) is 5.89. The molecule has 7 heteroatoms. The molecular formula is C13H13ClFN3O2. The van der Waals surface area contributed by atoms with Crippen molar-refractivity contribution in [3.05, 3.63) is 67.2 Å². The Labute approximate surface area is 119 Å². The number of hydrogen-bond donors (Lipinski definition) is 2. The maximum Gasteiger partial charge on any atom is 0.325 e. The Morgan fingerprint density at radius 2 is 2.00 bits per heavy atom. The Bertz CT molecular complexity index is 678. The van der Waals surface area contributed by atoms with Crippen molar-refractivity contribution in [3.63, 3.8) is 0 Å². The van der Waals surface area contributed by atoms with Crippen molar-refractivity contribution in [1.29, 1.82) is 0 Å². The molecule has 0 spiro atoms. The molecule has 0 saturated heterocycles.